The molecule has 2 heterocycles. The predicted octanol–water partition coefficient (Wildman–Crippen LogP) is 11.1. The fraction of sp³-hybridized carbons (Fsp3) is 0.0435. The summed E-state index contributed by atoms with van der Waals surface area (Å²) < 4.78 is 2.50. The van der Waals surface area contributed by atoms with Crippen molar-refractivity contribution in [3.63, 3.8) is 0 Å². The van der Waals surface area contributed by atoms with Crippen molar-refractivity contribution in [2.24, 2.45) is 0 Å². The summed E-state index contributed by atoms with van der Waals surface area (Å²) in [5, 5.41) is 2.51. The summed E-state index contributed by atoms with van der Waals surface area (Å²) in [6, 6.07) is 55.8. The van der Waals surface area contributed by atoms with Gasteiger partial charge in [0.1, 0.15) is 0 Å². The minimum absolute atomic E-state index is 0.399. The van der Waals surface area contributed by atoms with E-state index in [-0.39, 0.29) is 0 Å². The lowest BCUT2D eigenvalue weighted by Gasteiger charge is -2.39. The molecule has 1 spiro atoms. The molecule has 10 rings (SSSR count). The number of benzene rings is 7. The third-order valence-electron chi connectivity index (χ3n) is 10.6. The zero-order valence-electron chi connectivity index (χ0n) is 26.0. The van der Waals surface area contributed by atoms with E-state index >= 15 is 0 Å². The van der Waals surface area contributed by atoms with Gasteiger partial charge in [0.05, 0.1) is 22.1 Å². The topological polar surface area (TPSA) is 4.93 Å². The van der Waals surface area contributed by atoms with Gasteiger partial charge in [-0.2, -0.15) is 0 Å². The molecule has 0 unspecified atom stereocenters. The first-order valence-electron chi connectivity index (χ1n) is 16.2. The van der Waals surface area contributed by atoms with E-state index in [0.717, 1.165) is 22.3 Å². The normalized spacial score (nSPS) is 13.4. The number of hydrogen-bond donors (Lipinski definition) is 0. The van der Waals surface area contributed by atoms with Gasteiger partial charge < -0.3 is 4.57 Å². The molecule has 0 radical (unpaired) electrons. The van der Waals surface area contributed by atoms with Gasteiger partial charge in [0.15, 0.2) is 0 Å². The summed E-state index contributed by atoms with van der Waals surface area (Å²) in [7, 11) is 0. The Bertz CT molecular complexity index is 2610. The van der Waals surface area contributed by atoms with Gasteiger partial charge in [-0.25, -0.2) is 0 Å². The van der Waals surface area contributed by atoms with Crippen LogP contribution >= 0.6 is 0 Å². The van der Waals surface area contributed by atoms with Crippen molar-refractivity contribution >= 4 is 21.8 Å². The highest BCUT2D eigenvalue weighted by atomic mass is 15.0. The first kappa shape index (κ1) is 26.1. The molecule has 2 aliphatic rings. The van der Waals surface area contributed by atoms with E-state index in [1.807, 2.05) is 0 Å². The minimum Gasteiger partial charge on any atom is -0.309 e. The lowest BCUT2D eigenvalue weighted by atomic mass is 9.65. The van der Waals surface area contributed by atoms with E-state index in [1.165, 1.54) is 72.0 Å². The molecule has 0 N–H and O–H groups in total. The SMILES string of the molecule is C#Cc1cc(-c2ccc3c(c2)c2cccc4c2n3-c2ccccc2C42c3ccccc3-c3ccccc32)ccc1-c1ccccc1C. The zero-order chi connectivity index (χ0) is 31.3. The number of fused-ring (bicyclic) bond motifs is 12. The van der Waals surface area contributed by atoms with E-state index in [1.54, 1.807) is 0 Å². The molecule has 0 bridgehead atoms. The van der Waals surface area contributed by atoms with E-state index in [0.29, 0.717) is 0 Å². The second-order valence-corrected chi connectivity index (χ2v) is 12.8. The molecular formula is C46H29N. The van der Waals surface area contributed by atoms with Crippen molar-refractivity contribution in [1.29, 1.82) is 0 Å². The molecule has 0 fully saturated rings. The summed E-state index contributed by atoms with van der Waals surface area (Å²) in [6.07, 6.45) is 6.11. The molecule has 1 heteroatoms. The largest absolute Gasteiger partial charge is 0.309 e. The number of aromatic nitrogens is 1. The molecule has 0 saturated heterocycles. The van der Waals surface area contributed by atoms with Crippen LogP contribution in [0.25, 0.3) is 60.9 Å². The van der Waals surface area contributed by atoms with Crippen LogP contribution in [0.4, 0.5) is 0 Å². The maximum Gasteiger partial charge on any atom is 0.0754 e. The van der Waals surface area contributed by atoms with Gasteiger partial charge in [-0.3, -0.25) is 0 Å². The van der Waals surface area contributed by atoms with Gasteiger partial charge >= 0.3 is 0 Å². The fourth-order valence-corrected chi connectivity index (χ4v) is 8.70. The van der Waals surface area contributed by atoms with Crippen molar-refractivity contribution < 1.29 is 0 Å². The average Bonchev–Trinajstić information content (AvgIpc) is 3.62. The Morgan fingerprint density at radius 3 is 1.87 bits per heavy atom. The van der Waals surface area contributed by atoms with Crippen molar-refractivity contribution in [2.45, 2.75) is 12.3 Å². The van der Waals surface area contributed by atoms with Crippen molar-refractivity contribution in [3.8, 4) is 51.4 Å². The minimum atomic E-state index is -0.399. The third kappa shape index (κ3) is 3.29. The molecule has 7 aromatic carbocycles. The van der Waals surface area contributed by atoms with Crippen molar-refractivity contribution in [3.05, 3.63) is 185 Å². The second-order valence-electron chi connectivity index (χ2n) is 12.8. The van der Waals surface area contributed by atoms with Gasteiger partial charge in [0, 0.05) is 16.3 Å². The van der Waals surface area contributed by atoms with Crippen LogP contribution in [0, 0.1) is 19.3 Å². The van der Waals surface area contributed by atoms with Gasteiger partial charge in [-0.15, -0.1) is 6.42 Å². The van der Waals surface area contributed by atoms with Gasteiger partial charge in [0.25, 0.3) is 0 Å². The zero-order valence-corrected chi connectivity index (χ0v) is 26.0. The van der Waals surface area contributed by atoms with Crippen LogP contribution in [0.1, 0.15) is 33.4 Å². The Hall–Kier alpha value is -6.10. The highest BCUT2D eigenvalue weighted by Crippen LogP contribution is 2.60. The van der Waals surface area contributed by atoms with E-state index < -0.39 is 5.41 Å². The molecule has 0 saturated carbocycles. The van der Waals surface area contributed by atoms with E-state index in [9.17, 15) is 0 Å². The average molecular weight is 596 g/mol. The Morgan fingerprint density at radius 1 is 0.511 bits per heavy atom. The first-order valence-corrected chi connectivity index (χ1v) is 16.2. The monoisotopic (exact) mass is 595 g/mol. The standard InChI is InChI=1S/C46H29N/c1-3-30-27-31(23-25-34(30)33-14-5-4-13-29(33)2)32-24-26-43-38(28-32)37-17-12-21-42-45(37)47(43)44-22-11-10-20-41(44)46(42)39-18-8-6-15-35(39)36-16-7-9-19-40(36)46/h1,4-28H,2H3. The molecule has 0 amide bonds. The molecular weight excluding hydrogens is 567 g/mol. The molecule has 1 aliphatic heterocycles. The number of hydrogen-bond acceptors (Lipinski definition) is 0. The van der Waals surface area contributed by atoms with Crippen LogP contribution < -0.4 is 0 Å². The number of nitrogens with zero attached hydrogens (tertiary/aromatic N) is 1. The summed E-state index contributed by atoms with van der Waals surface area (Å²) in [5.74, 6) is 2.98. The molecule has 47 heavy (non-hydrogen) atoms. The Labute approximate surface area is 274 Å². The third-order valence-corrected chi connectivity index (χ3v) is 10.6. The van der Waals surface area contributed by atoms with Gasteiger partial charge in [-0.1, -0.05) is 133 Å². The number of terminal acetylenes is 1. The highest BCUT2D eigenvalue weighted by molar-refractivity contribution is 6.13. The van der Waals surface area contributed by atoms with Crippen LogP contribution in [-0.2, 0) is 5.41 Å². The van der Waals surface area contributed by atoms with Crippen molar-refractivity contribution in [1.82, 2.24) is 4.57 Å². The Balaban J connectivity index is 1.26. The maximum atomic E-state index is 6.11. The van der Waals surface area contributed by atoms with Crippen molar-refractivity contribution in [2.75, 3.05) is 0 Å². The highest BCUT2D eigenvalue weighted by Gasteiger charge is 2.50. The smallest absolute Gasteiger partial charge is 0.0754 e. The molecule has 218 valence electrons. The van der Waals surface area contributed by atoms with Crippen LogP contribution in [0.2, 0.25) is 0 Å². The number of rotatable bonds is 2. The fourth-order valence-electron chi connectivity index (χ4n) is 8.70. The summed E-state index contributed by atoms with van der Waals surface area (Å²) in [4.78, 5) is 0. The molecule has 1 aliphatic carbocycles. The van der Waals surface area contributed by atoms with E-state index in [2.05, 4.69) is 169 Å². The molecule has 0 atom stereocenters. The number of aryl methyl sites for hydroxylation is 1. The summed E-state index contributed by atoms with van der Waals surface area (Å²) in [6.45, 7) is 2.14. The molecule has 8 aromatic rings. The van der Waals surface area contributed by atoms with Crippen LogP contribution in [0.5, 0.6) is 0 Å². The second kappa shape index (κ2) is 9.46. The van der Waals surface area contributed by atoms with Gasteiger partial charge in [-0.05, 0) is 92.4 Å². The lowest BCUT2D eigenvalue weighted by Crippen LogP contribution is -2.33. The lowest BCUT2D eigenvalue weighted by molar-refractivity contribution is 0.748. The maximum absolute atomic E-state index is 6.11. The molecule has 1 aromatic heterocycles. The van der Waals surface area contributed by atoms with Crippen LogP contribution in [0.15, 0.2) is 152 Å². The first-order chi connectivity index (χ1) is 23.2. The molecule has 1 nitrogen and oxygen atoms in total. The summed E-state index contributed by atoms with van der Waals surface area (Å²) >= 11 is 0. The number of para-hydroxylation sites is 2. The predicted molar refractivity (Wildman–Crippen MR) is 195 cm³/mol. The quantitative estimate of drug-likeness (QED) is 0.175. The van der Waals surface area contributed by atoms with Gasteiger partial charge in [0.2, 0.25) is 0 Å². The summed E-state index contributed by atoms with van der Waals surface area (Å²) in [5.41, 5.74) is 18.0. The Kier molecular flexibility index (Phi) is 5.26. The van der Waals surface area contributed by atoms with Crippen LogP contribution in [0.3, 0.4) is 0 Å². The Morgan fingerprint density at radius 2 is 1.13 bits per heavy atom. The van der Waals surface area contributed by atoms with Crippen LogP contribution in [-0.4, -0.2) is 4.57 Å². The van der Waals surface area contributed by atoms with E-state index in [4.69, 9.17) is 6.42 Å².